The maximum Gasteiger partial charge on any atom is 0.412 e. The fourth-order valence-electron chi connectivity index (χ4n) is 3.73. The number of methoxy groups -OCH3 is 1. The first-order valence-electron chi connectivity index (χ1n) is 11.5. The Kier molecular flexibility index (Phi) is 6.78. The molecule has 1 atom stereocenters. The highest BCUT2D eigenvalue weighted by molar-refractivity contribution is 7.21. The minimum atomic E-state index is -0.582. The zero-order valence-corrected chi connectivity index (χ0v) is 21.5. The first-order chi connectivity index (χ1) is 17.9. The molecule has 0 radical (unpaired) electrons. The van der Waals surface area contributed by atoms with E-state index in [4.69, 9.17) is 19.2 Å². The van der Waals surface area contributed by atoms with Crippen molar-refractivity contribution in [2.45, 2.75) is 26.9 Å². The van der Waals surface area contributed by atoms with E-state index in [0.717, 1.165) is 43.1 Å². The summed E-state index contributed by atoms with van der Waals surface area (Å²) >= 11 is 1.46. The smallest absolute Gasteiger partial charge is 0.412 e. The molecule has 1 N–H and O–H groups in total. The lowest BCUT2D eigenvalue weighted by molar-refractivity contribution is 0.0842. The van der Waals surface area contributed by atoms with Gasteiger partial charge in [0.2, 0.25) is 11.8 Å². The van der Waals surface area contributed by atoms with Crippen LogP contribution < -0.4 is 14.8 Å². The lowest BCUT2D eigenvalue weighted by Gasteiger charge is -2.14. The van der Waals surface area contributed by atoms with Crippen LogP contribution in [0.15, 0.2) is 48.9 Å². The highest BCUT2D eigenvalue weighted by Gasteiger charge is 2.17. The van der Waals surface area contributed by atoms with Crippen LogP contribution in [0.4, 0.5) is 10.5 Å². The van der Waals surface area contributed by atoms with Gasteiger partial charge in [0, 0.05) is 17.8 Å². The Hall–Kier alpha value is -4.38. The Morgan fingerprint density at radius 1 is 1.08 bits per heavy atom. The van der Waals surface area contributed by atoms with Gasteiger partial charge in [-0.2, -0.15) is 0 Å². The number of ether oxygens (including phenoxy) is 3. The monoisotopic (exact) mass is 516 g/mol. The number of aromatic nitrogens is 5. The molecule has 1 amide bonds. The van der Waals surface area contributed by atoms with Crippen molar-refractivity contribution >= 4 is 44.5 Å². The SMILES string of the molecule is COc1cnc2c(-c3nc4c(C)cc(OC[C@@H](C)OC(=O)Nc5cccnc5)nc4s3)cc(C)cc2n1. The van der Waals surface area contributed by atoms with E-state index < -0.39 is 12.2 Å². The lowest BCUT2D eigenvalue weighted by Crippen LogP contribution is -2.25. The second-order valence-corrected chi connectivity index (χ2v) is 9.41. The van der Waals surface area contributed by atoms with Crippen LogP contribution in [0.5, 0.6) is 11.8 Å². The summed E-state index contributed by atoms with van der Waals surface area (Å²) in [7, 11) is 1.57. The maximum absolute atomic E-state index is 12.1. The van der Waals surface area contributed by atoms with E-state index in [1.54, 1.807) is 38.6 Å². The van der Waals surface area contributed by atoms with Gasteiger partial charge >= 0.3 is 6.09 Å². The van der Waals surface area contributed by atoms with Crippen LogP contribution in [-0.4, -0.2) is 50.8 Å². The topological polar surface area (TPSA) is 121 Å². The maximum atomic E-state index is 12.1. The predicted molar refractivity (Wildman–Crippen MR) is 141 cm³/mol. The van der Waals surface area contributed by atoms with Gasteiger partial charge in [-0.3, -0.25) is 10.3 Å². The number of hydrogen-bond acceptors (Lipinski definition) is 10. The largest absolute Gasteiger partial charge is 0.480 e. The van der Waals surface area contributed by atoms with E-state index in [9.17, 15) is 4.79 Å². The van der Waals surface area contributed by atoms with Crippen molar-refractivity contribution in [3.05, 3.63) is 60.0 Å². The van der Waals surface area contributed by atoms with Gasteiger partial charge in [0.1, 0.15) is 28.1 Å². The van der Waals surface area contributed by atoms with Gasteiger partial charge in [-0.15, -0.1) is 0 Å². The van der Waals surface area contributed by atoms with Crippen LogP contribution in [0.25, 0.3) is 32.0 Å². The van der Waals surface area contributed by atoms with Gasteiger partial charge in [-0.1, -0.05) is 11.3 Å². The molecule has 4 aromatic heterocycles. The van der Waals surface area contributed by atoms with Crippen molar-refractivity contribution < 1.29 is 19.0 Å². The number of anilines is 1. The highest BCUT2D eigenvalue weighted by atomic mass is 32.1. The number of carbonyl (C=O) groups is 1. The molecule has 0 saturated heterocycles. The molecular weight excluding hydrogens is 492 g/mol. The van der Waals surface area contributed by atoms with Gasteiger partial charge in [0.25, 0.3) is 0 Å². The molecule has 1 aromatic carbocycles. The van der Waals surface area contributed by atoms with E-state index in [0.29, 0.717) is 17.4 Å². The molecule has 5 aromatic rings. The number of nitrogens with one attached hydrogen (secondary N) is 1. The molecule has 0 aliphatic heterocycles. The number of aryl methyl sites for hydroxylation is 2. The molecule has 0 unspecified atom stereocenters. The minimum absolute atomic E-state index is 0.143. The van der Waals surface area contributed by atoms with Crippen LogP contribution in [0, 0.1) is 13.8 Å². The molecule has 0 aliphatic carbocycles. The van der Waals surface area contributed by atoms with Crippen molar-refractivity contribution in [1.82, 2.24) is 24.9 Å². The average Bonchev–Trinajstić information content (AvgIpc) is 3.32. The quantitative estimate of drug-likeness (QED) is 0.305. The van der Waals surface area contributed by atoms with E-state index >= 15 is 0 Å². The summed E-state index contributed by atoms with van der Waals surface area (Å²) in [6.07, 6.45) is 3.68. The average molecular weight is 517 g/mol. The summed E-state index contributed by atoms with van der Waals surface area (Å²) in [5, 5.41) is 3.42. The molecule has 0 fully saturated rings. The molecule has 5 rings (SSSR count). The number of pyridine rings is 2. The van der Waals surface area contributed by atoms with Gasteiger partial charge in [-0.05, 0) is 56.2 Å². The van der Waals surface area contributed by atoms with Gasteiger partial charge in [-0.25, -0.2) is 24.7 Å². The Labute approximate surface area is 216 Å². The first-order valence-corrected chi connectivity index (χ1v) is 12.3. The number of fused-ring (bicyclic) bond motifs is 2. The van der Waals surface area contributed by atoms with Gasteiger partial charge in [0.15, 0.2) is 0 Å². The second-order valence-electron chi connectivity index (χ2n) is 8.44. The number of amides is 1. The Balaban J connectivity index is 1.33. The van der Waals surface area contributed by atoms with Crippen LogP contribution in [-0.2, 0) is 4.74 Å². The summed E-state index contributed by atoms with van der Waals surface area (Å²) in [5.41, 5.74) is 5.69. The van der Waals surface area contributed by atoms with Crippen LogP contribution in [0.2, 0.25) is 0 Å². The molecule has 11 heteroatoms. The third kappa shape index (κ3) is 5.41. The fraction of sp³-hybridized carbons (Fsp3) is 0.231. The summed E-state index contributed by atoms with van der Waals surface area (Å²) in [6.45, 7) is 5.86. The number of thiazole rings is 1. The molecule has 0 spiro atoms. The number of nitrogens with zero attached hydrogens (tertiary/aromatic N) is 5. The number of benzene rings is 1. The Morgan fingerprint density at radius 2 is 1.95 bits per heavy atom. The summed E-state index contributed by atoms with van der Waals surface area (Å²) in [5.74, 6) is 0.891. The molecule has 0 saturated carbocycles. The fourth-order valence-corrected chi connectivity index (χ4v) is 4.76. The molecule has 0 bridgehead atoms. The minimum Gasteiger partial charge on any atom is -0.480 e. The molecule has 4 heterocycles. The molecule has 0 aliphatic rings. The van der Waals surface area contributed by atoms with Gasteiger partial charge < -0.3 is 14.2 Å². The number of rotatable bonds is 7. The van der Waals surface area contributed by atoms with Crippen molar-refractivity contribution in [2.75, 3.05) is 19.0 Å². The normalized spacial score (nSPS) is 11.9. The Morgan fingerprint density at radius 3 is 2.73 bits per heavy atom. The van der Waals surface area contributed by atoms with Crippen molar-refractivity contribution in [3.63, 3.8) is 0 Å². The molecule has 188 valence electrons. The number of hydrogen-bond donors (Lipinski definition) is 1. The predicted octanol–water partition coefficient (Wildman–Crippen LogP) is 5.34. The van der Waals surface area contributed by atoms with Crippen LogP contribution >= 0.6 is 11.3 Å². The summed E-state index contributed by atoms with van der Waals surface area (Å²) < 4.78 is 16.4. The van der Waals surface area contributed by atoms with E-state index in [1.807, 2.05) is 32.0 Å². The third-order valence-corrected chi connectivity index (χ3v) is 6.41. The zero-order chi connectivity index (χ0) is 25.9. The van der Waals surface area contributed by atoms with Crippen LogP contribution in [0.1, 0.15) is 18.1 Å². The van der Waals surface area contributed by atoms with Crippen molar-refractivity contribution in [2.24, 2.45) is 0 Å². The number of carbonyl (C=O) groups excluding carboxylic acids is 1. The Bertz CT molecular complexity index is 1590. The standard InChI is InChI=1S/C26H24N6O4S/c1-14-8-18(23-19(9-14)30-21(34-4)12-28-23)24-32-22-15(2)10-20(31-25(22)37-24)35-13-16(3)36-26(33)29-17-6-5-7-27-11-17/h5-12,16H,13H2,1-4H3,(H,29,33)/t16-/m1/s1. The van der Waals surface area contributed by atoms with Crippen molar-refractivity contribution in [1.29, 1.82) is 0 Å². The summed E-state index contributed by atoms with van der Waals surface area (Å²) in [4.78, 5) is 35.4. The zero-order valence-electron chi connectivity index (χ0n) is 20.7. The first kappa shape index (κ1) is 24.3. The molecule has 10 nitrogen and oxygen atoms in total. The summed E-state index contributed by atoms with van der Waals surface area (Å²) in [6, 6.07) is 9.29. The highest BCUT2D eigenvalue weighted by Crippen LogP contribution is 2.36. The van der Waals surface area contributed by atoms with E-state index in [1.165, 1.54) is 17.5 Å². The third-order valence-electron chi connectivity index (χ3n) is 5.43. The molecular formula is C26H24N6O4S. The molecule has 37 heavy (non-hydrogen) atoms. The van der Waals surface area contributed by atoms with Crippen LogP contribution in [0.3, 0.4) is 0 Å². The van der Waals surface area contributed by atoms with Gasteiger partial charge in [0.05, 0.1) is 36.2 Å². The lowest BCUT2D eigenvalue weighted by atomic mass is 10.1. The van der Waals surface area contributed by atoms with E-state index in [-0.39, 0.29) is 6.61 Å². The van der Waals surface area contributed by atoms with Crippen molar-refractivity contribution in [3.8, 4) is 22.3 Å². The second kappa shape index (κ2) is 10.3. The van der Waals surface area contributed by atoms with E-state index in [2.05, 4.69) is 25.3 Å².